The van der Waals surface area contributed by atoms with Crippen LogP contribution in [0, 0.1) is 0 Å². The Labute approximate surface area is 193 Å². The third-order valence-corrected chi connectivity index (χ3v) is 8.53. The number of rotatable bonds is 8. The van der Waals surface area contributed by atoms with E-state index < -0.39 is 28.0 Å². The van der Waals surface area contributed by atoms with E-state index in [1.54, 1.807) is 4.31 Å². The van der Waals surface area contributed by atoms with Crippen molar-refractivity contribution >= 4 is 15.9 Å². The highest BCUT2D eigenvalue weighted by atomic mass is 32.2. The van der Waals surface area contributed by atoms with Gasteiger partial charge in [0.25, 0.3) is 5.91 Å². The van der Waals surface area contributed by atoms with E-state index in [2.05, 4.69) is 15.0 Å². The molecule has 33 heavy (non-hydrogen) atoms. The zero-order chi connectivity index (χ0) is 24.1. The van der Waals surface area contributed by atoms with Gasteiger partial charge in [0.2, 0.25) is 10.0 Å². The zero-order valence-corrected chi connectivity index (χ0v) is 19.7. The van der Waals surface area contributed by atoms with Crippen molar-refractivity contribution in [2.75, 3.05) is 38.5 Å². The standard InChI is InChI=1S/C22H32F3N3O4S/c1-2-15-33(30,31)28-13-11-27(12-14-28)21(9-4-3-5-10-21)17-26-20(29)18-7-6-8-19(16-18)32-22(23,24)25/h6-8,16H,2-5,9-15,17H2,1H3,(H,26,29). The molecule has 7 nitrogen and oxygen atoms in total. The second kappa shape index (κ2) is 10.6. The normalized spacial score (nSPS) is 20.4. The topological polar surface area (TPSA) is 79.0 Å². The van der Waals surface area contributed by atoms with Gasteiger partial charge in [-0.1, -0.05) is 32.3 Å². The summed E-state index contributed by atoms with van der Waals surface area (Å²) in [6.07, 6.45) is 0.649. The molecule has 1 aromatic carbocycles. The van der Waals surface area contributed by atoms with Gasteiger partial charge in [0.15, 0.2) is 0 Å². The SMILES string of the molecule is CCCS(=O)(=O)N1CCN(C2(CNC(=O)c3cccc(OC(F)(F)F)c3)CCCCC2)CC1. The van der Waals surface area contributed by atoms with Crippen molar-refractivity contribution < 1.29 is 31.1 Å². The van der Waals surface area contributed by atoms with Crippen molar-refractivity contribution in [3.05, 3.63) is 29.8 Å². The Hall–Kier alpha value is -1.85. The van der Waals surface area contributed by atoms with Crippen LogP contribution in [0.4, 0.5) is 13.2 Å². The monoisotopic (exact) mass is 491 g/mol. The molecule has 2 fully saturated rings. The minimum atomic E-state index is -4.83. The van der Waals surface area contributed by atoms with Gasteiger partial charge in [-0.25, -0.2) is 8.42 Å². The van der Waals surface area contributed by atoms with Crippen LogP contribution < -0.4 is 10.1 Å². The number of hydrogen-bond acceptors (Lipinski definition) is 5. The molecule has 1 saturated carbocycles. The van der Waals surface area contributed by atoms with Crippen molar-refractivity contribution in [1.29, 1.82) is 0 Å². The number of carbonyl (C=O) groups excluding carboxylic acids is 1. The van der Waals surface area contributed by atoms with Crippen LogP contribution in [-0.4, -0.2) is 73.9 Å². The molecule has 0 unspecified atom stereocenters. The second-order valence-corrected chi connectivity index (χ2v) is 10.8. The predicted octanol–water partition coefficient (Wildman–Crippen LogP) is 3.38. The van der Waals surface area contributed by atoms with Crippen molar-refractivity contribution in [2.24, 2.45) is 0 Å². The van der Waals surface area contributed by atoms with E-state index in [0.717, 1.165) is 44.2 Å². The van der Waals surface area contributed by atoms with Crippen LogP contribution in [0.1, 0.15) is 55.8 Å². The first-order chi connectivity index (χ1) is 15.5. The largest absolute Gasteiger partial charge is 0.573 e. The second-order valence-electron chi connectivity index (χ2n) is 8.75. The van der Waals surface area contributed by atoms with Gasteiger partial charge >= 0.3 is 6.36 Å². The Kier molecular flexibility index (Phi) is 8.28. The fourth-order valence-corrected chi connectivity index (χ4v) is 6.32. The predicted molar refractivity (Wildman–Crippen MR) is 118 cm³/mol. The van der Waals surface area contributed by atoms with Gasteiger partial charge in [-0.2, -0.15) is 4.31 Å². The number of nitrogens with one attached hydrogen (secondary N) is 1. The van der Waals surface area contributed by atoms with Gasteiger partial charge in [-0.15, -0.1) is 13.2 Å². The number of nitrogens with zero attached hydrogens (tertiary/aromatic N) is 2. The quantitative estimate of drug-likeness (QED) is 0.603. The van der Waals surface area contributed by atoms with Crippen molar-refractivity contribution in [2.45, 2.75) is 57.3 Å². The minimum Gasteiger partial charge on any atom is -0.406 e. The number of amides is 1. The molecule has 0 aromatic heterocycles. The summed E-state index contributed by atoms with van der Waals surface area (Å²) in [6, 6.07) is 5.03. The average molecular weight is 492 g/mol. The summed E-state index contributed by atoms with van der Waals surface area (Å²) in [5.74, 6) is -0.755. The Balaban J connectivity index is 1.66. The number of piperazine rings is 1. The van der Waals surface area contributed by atoms with E-state index in [1.807, 2.05) is 6.92 Å². The first-order valence-corrected chi connectivity index (χ1v) is 13.0. The van der Waals surface area contributed by atoms with Crippen LogP contribution in [0.2, 0.25) is 0 Å². The number of halogens is 3. The van der Waals surface area contributed by atoms with Crippen LogP contribution in [0.25, 0.3) is 0 Å². The van der Waals surface area contributed by atoms with Gasteiger partial charge in [0.1, 0.15) is 5.75 Å². The van der Waals surface area contributed by atoms with Crippen LogP contribution >= 0.6 is 0 Å². The molecule has 1 N–H and O–H groups in total. The summed E-state index contributed by atoms with van der Waals surface area (Å²) in [5, 5.41) is 2.91. The molecule has 2 aliphatic rings. The first-order valence-electron chi connectivity index (χ1n) is 11.4. The lowest BCUT2D eigenvalue weighted by molar-refractivity contribution is -0.274. The molecule has 1 aliphatic carbocycles. The van der Waals surface area contributed by atoms with E-state index in [4.69, 9.17) is 0 Å². The molecule has 0 bridgehead atoms. The third kappa shape index (κ3) is 6.83. The Morgan fingerprint density at radius 3 is 2.39 bits per heavy atom. The van der Waals surface area contributed by atoms with Gasteiger partial charge in [-0.3, -0.25) is 9.69 Å². The molecular formula is C22H32F3N3O4S. The fraction of sp³-hybridized carbons (Fsp3) is 0.682. The lowest BCUT2D eigenvalue weighted by Crippen LogP contribution is -2.62. The highest BCUT2D eigenvalue weighted by Crippen LogP contribution is 2.34. The van der Waals surface area contributed by atoms with Crippen LogP contribution in [0.3, 0.4) is 0 Å². The number of sulfonamides is 1. The van der Waals surface area contributed by atoms with E-state index in [-0.39, 0.29) is 16.9 Å². The van der Waals surface area contributed by atoms with Gasteiger partial charge in [0.05, 0.1) is 5.75 Å². The van der Waals surface area contributed by atoms with Crippen LogP contribution in [-0.2, 0) is 10.0 Å². The Morgan fingerprint density at radius 2 is 1.79 bits per heavy atom. The molecule has 1 amide bonds. The Morgan fingerprint density at radius 1 is 1.12 bits per heavy atom. The highest BCUT2D eigenvalue weighted by Gasteiger charge is 2.41. The fourth-order valence-electron chi connectivity index (χ4n) is 4.82. The molecule has 1 saturated heterocycles. The lowest BCUT2D eigenvalue weighted by Gasteiger charge is -2.49. The van der Waals surface area contributed by atoms with Crippen molar-refractivity contribution in [3.8, 4) is 5.75 Å². The maximum absolute atomic E-state index is 12.7. The van der Waals surface area contributed by atoms with E-state index >= 15 is 0 Å². The van der Waals surface area contributed by atoms with Gasteiger partial charge < -0.3 is 10.1 Å². The van der Waals surface area contributed by atoms with E-state index in [9.17, 15) is 26.4 Å². The van der Waals surface area contributed by atoms with Gasteiger partial charge in [-0.05, 0) is 37.5 Å². The van der Waals surface area contributed by atoms with E-state index in [1.165, 1.54) is 12.1 Å². The number of alkyl halides is 3. The molecule has 0 radical (unpaired) electrons. The summed E-state index contributed by atoms with van der Waals surface area (Å²) < 4.78 is 67.8. The summed E-state index contributed by atoms with van der Waals surface area (Å²) in [6.45, 7) is 4.24. The van der Waals surface area contributed by atoms with Crippen molar-refractivity contribution in [1.82, 2.24) is 14.5 Å². The number of ether oxygens (including phenoxy) is 1. The molecule has 1 aromatic rings. The van der Waals surface area contributed by atoms with Crippen LogP contribution in [0.15, 0.2) is 24.3 Å². The van der Waals surface area contributed by atoms with Gasteiger partial charge in [0, 0.05) is 43.8 Å². The summed E-state index contributed by atoms with van der Waals surface area (Å²) in [4.78, 5) is 15.0. The highest BCUT2D eigenvalue weighted by molar-refractivity contribution is 7.89. The zero-order valence-electron chi connectivity index (χ0n) is 18.9. The molecule has 1 aliphatic heterocycles. The van der Waals surface area contributed by atoms with E-state index in [0.29, 0.717) is 39.1 Å². The molecule has 0 spiro atoms. The maximum atomic E-state index is 12.7. The summed E-state index contributed by atoms with van der Waals surface area (Å²) in [5.41, 5.74) is -0.188. The average Bonchev–Trinajstić information content (AvgIpc) is 2.77. The van der Waals surface area contributed by atoms with Crippen molar-refractivity contribution in [3.63, 3.8) is 0 Å². The smallest absolute Gasteiger partial charge is 0.406 e. The third-order valence-electron chi connectivity index (χ3n) is 6.46. The lowest BCUT2D eigenvalue weighted by atomic mass is 9.79. The molecule has 1 heterocycles. The summed E-state index contributed by atoms with van der Waals surface area (Å²) in [7, 11) is -3.24. The Bertz CT molecular complexity index is 910. The van der Waals surface area contributed by atoms with Crippen LogP contribution in [0.5, 0.6) is 5.75 Å². The number of benzene rings is 1. The molecule has 11 heteroatoms. The number of hydrogen-bond donors (Lipinski definition) is 1. The molecule has 186 valence electrons. The maximum Gasteiger partial charge on any atom is 0.573 e. The number of carbonyl (C=O) groups is 1. The molecule has 0 atom stereocenters. The summed E-state index contributed by atoms with van der Waals surface area (Å²) >= 11 is 0. The molecular weight excluding hydrogens is 459 g/mol. The minimum absolute atomic E-state index is 0.0955. The molecule has 3 rings (SSSR count). The first kappa shape index (κ1) is 25.8.